The predicted molar refractivity (Wildman–Crippen MR) is 87.3 cm³/mol. The van der Waals surface area contributed by atoms with Crippen LogP contribution in [0.1, 0.15) is 42.0 Å². The first kappa shape index (κ1) is 14.8. The third kappa shape index (κ3) is 3.94. The lowest BCUT2D eigenvalue weighted by atomic mass is 10.0. The number of hydrogen-bond acceptors (Lipinski definition) is 2. The van der Waals surface area contributed by atoms with Crippen molar-refractivity contribution in [3.8, 4) is 0 Å². The van der Waals surface area contributed by atoms with E-state index in [0.717, 1.165) is 12.0 Å². The molecule has 0 saturated heterocycles. The van der Waals surface area contributed by atoms with Crippen molar-refractivity contribution >= 4 is 5.91 Å². The molecule has 0 bridgehead atoms. The second kappa shape index (κ2) is 6.73. The van der Waals surface area contributed by atoms with E-state index in [4.69, 9.17) is 0 Å². The van der Waals surface area contributed by atoms with Crippen molar-refractivity contribution in [2.24, 2.45) is 5.92 Å². The molecule has 2 aromatic rings. The van der Waals surface area contributed by atoms with Crippen LogP contribution in [0.25, 0.3) is 0 Å². The Hall–Kier alpha value is -2.16. The summed E-state index contributed by atoms with van der Waals surface area (Å²) in [6.45, 7) is 2.09. The number of carbonyl (C=O) groups excluding carboxylic acids is 1. The van der Waals surface area contributed by atoms with Gasteiger partial charge >= 0.3 is 0 Å². The molecule has 1 N–H and O–H groups in total. The molecule has 3 nitrogen and oxygen atoms in total. The van der Waals surface area contributed by atoms with E-state index < -0.39 is 0 Å². The molecule has 3 rings (SSSR count). The van der Waals surface area contributed by atoms with Crippen LogP contribution in [-0.2, 0) is 11.2 Å². The van der Waals surface area contributed by atoms with Crippen LogP contribution in [-0.4, -0.2) is 10.9 Å². The van der Waals surface area contributed by atoms with Crippen LogP contribution in [0, 0.1) is 12.8 Å². The summed E-state index contributed by atoms with van der Waals surface area (Å²) < 4.78 is 0. The Bertz CT molecular complexity index is 618. The highest BCUT2D eigenvalue weighted by molar-refractivity contribution is 5.76. The Morgan fingerprint density at radius 1 is 1.27 bits per heavy atom. The molecule has 1 amide bonds. The highest BCUT2D eigenvalue weighted by Gasteiger charge is 2.33. The predicted octanol–water partition coefficient (Wildman–Crippen LogP) is 3.59. The molecule has 0 radical (unpaired) electrons. The number of pyridine rings is 1. The second-order valence-corrected chi connectivity index (χ2v) is 6.15. The normalized spacial score (nSPS) is 15.3. The maximum Gasteiger partial charge on any atom is 0.220 e. The van der Waals surface area contributed by atoms with Gasteiger partial charge in [-0.3, -0.25) is 9.78 Å². The smallest absolute Gasteiger partial charge is 0.220 e. The Morgan fingerprint density at radius 2 is 2.05 bits per heavy atom. The van der Waals surface area contributed by atoms with E-state index in [2.05, 4.69) is 41.5 Å². The zero-order valence-corrected chi connectivity index (χ0v) is 13.0. The molecule has 1 aliphatic rings. The van der Waals surface area contributed by atoms with Gasteiger partial charge in [0.1, 0.15) is 0 Å². The van der Waals surface area contributed by atoms with Crippen molar-refractivity contribution in [1.29, 1.82) is 0 Å². The maximum atomic E-state index is 12.3. The summed E-state index contributed by atoms with van der Waals surface area (Å²) in [5, 5.41) is 3.23. The molecule has 1 atom stereocenters. The summed E-state index contributed by atoms with van der Waals surface area (Å²) >= 11 is 0. The molecule has 114 valence electrons. The zero-order chi connectivity index (χ0) is 15.4. The number of aryl methyl sites for hydroxylation is 2. The number of hydrogen-bond donors (Lipinski definition) is 1. The van der Waals surface area contributed by atoms with Gasteiger partial charge in [-0.25, -0.2) is 0 Å². The van der Waals surface area contributed by atoms with Crippen molar-refractivity contribution in [2.75, 3.05) is 0 Å². The summed E-state index contributed by atoms with van der Waals surface area (Å²) in [6, 6.07) is 12.6. The number of aromatic nitrogens is 1. The monoisotopic (exact) mass is 294 g/mol. The Kier molecular flexibility index (Phi) is 4.52. The van der Waals surface area contributed by atoms with Crippen LogP contribution in [0.4, 0.5) is 0 Å². The first-order chi connectivity index (χ1) is 10.7. The first-order valence-electron chi connectivity index (χ1n) is 7.97. The molecule has 1 fully saturated rings. The van der Waals surface area contributed by atoms with E-state index in [1.807, 2.05) is 18.3 Å². The highest BCUT2D eigenvalue weighted by atomic mass is 16.1. The quantitative estimate of drug-likeness (QED) is 0.884. The largest absolute Gasteiger partial charge is 0.349 e. The van der Waals surface area contributed by atoms with Gasteiger partial charge in [0.05, 0.1) is 6.04 Å². The summed E-state index contributed by atoms with van der Waals surface area (Å²) in [4.78, 5) is 16.4. The number of benzene rings is 1. The molecule has 1 saturated carbocycles. The van der Waals surface area contributed by atoms with Gasteiger partial charge in [0, 0.05) is 18.8 Å². The molecule has 1 aliphatic carbocycles. The summed E-state index contributed by atoms with van der Waals surface area (Å²) in [5.41, 5.74) is 3.58. The fourth-order valence-electron chi connectivity index (χ4n) is 2.73. The van der Waals surface area contributed by atoms with Crippen molar-refractivity contribution in [2.45, 2.75) is 38.6 Å². The van der Waals surface area contributed by atoms with E-state index in [-0.39, 0.29) is 11.9 Å². The minimum Gasteiger partial charge on any atom is -0.349 e. The van der Waals surface area contributed by atoms with Gasteiger partial charge < -0.3 is 5.32 Å². The Balaban J connectivity index is 1.59. The average molecular weight is 294 g/mol. The fraction of sp³-hybridized carbons (Fsp3) is 0.368. The van der Waals surface area contributed by atoms with Gasteiger partial charge in [0.15, 0.2) is 0 Å². The van der Waals surface area contributed by atoms with Crippen LogP contribution in [0.5, 0.6) is 0 Å². The number of nitrogens with zero attached hydrogens (tertiary/aromatic N) is 1. The summed E-state index contributed by atoms with van der Waals surface area (Å²) in [5.74, 6) is 0.728. The van der Waals surface area contributed by atoms with Gasteiger partial charge in [-0.2, -0.15) is 0 Å². The maximum absolute atomic E-state index is 12.3. The average Bonchev–Trinajstić information content (AvgIpc) is 3.37. The van der Waals surface area contributed by atoms with Crippen molar-refractivity contribution in [3.63, 3.8) is 0 Å². The number of carbonyl (C=O) groups is 1. The third-order valence-corrected chi connectivity index (χ3v) is 4.21. The van der Waals surface area contributed by atoms with E-state index in [1.54, 1.807) is 6.20 Å². The molecule has 1 unspecified atom stereocenters. The van der Waals surface area contributed by atoms with E-state index in [0.29, 0.717) is 12.3 Å². The molecule has 22 heavy (non-hydrogen) atoms. The van der Waals surface area contributed by atoms with Gasteiger partial charge in [0.25, 0.3) is 0 Å². The van der Waals surface area contributed by atoms with Gasteiger partial charge in [-0.1, -0.05) is 35.9 Å². The van der Waals surface area contributed by atoms with E-state index in [9.17, 15) is 4.79 Å². The van der Waals surface area contributed by atoms with Crippen molar-refractivity contribution in [3.05, 3.63) is 65.5 Å². The first-order valence-corrected chi connectivity index (χ1v) is 7.97. The third-order valence-electron chi connectivity index (χ3n) is 4.21. The van der Waals surface area contributed by atoms with Crippen LogP contribution in [0.15, 0.2) is 48.8 Å². The standard InChI is InChI=1S/C19H22N2O/c1-14-4-7-16(8-5-14)19(17-9-10-17)21-18(22)11-6-15-3-2-12-20-13-15/h2-5,7-8,12-13,17,19H,6,9-11H2,1H3,(H,21,22). The molecule has 1 aromatic carbocycles. The van der Waals surface area contributed by atoms with E-state index >= 15 is 0 Å². The zero-order valence-electron chi connectivity index (χ0n) is 13.0. The molecule has 1 heterocycles. The van der Waals surface area contributed by atoms with Crippen molar-refractivity contribution in [1.82, 2.24) is 10.3 Å². The number of nitrogens with one attached hydrogen (secondary N) is 1. The lowest BCUT2D eigenvalue weighted by Crippen LogP contribution is -2.30. The Morgan fingerprint density at radius 3 is 2.68 bits per heavy atom. The summed E-state index contributed by atoms with van der Waals surface area (Å²) in [7, 11) is 0. The van der Waals surface area contributed by atoms with Gasteiger partial charge in [-0.05, 0) is 49.3 Å². The molecule has 0 spiro atoms. The topological polar surface area (TPSA) is 42.0 Å². The van der Waals surface area contributed by atoms with Crippen LogP contribution < -0.4 is 5.32 Å². The summed E-state index contributed by atoms with van der Waals surface area (Å²) in [6.07, 6.45) is 7.25. The number of rotatable bonds is 6. The minimum absolute atomic E-state index is 0.126. The van der Waals surface area contributed by atoms with Crippen LogP contribution in [0.3, 0.4) is 0 Å². The highest BCUT2D eigenvalue weighted by Crippen LogP contribution is 2.41. The lowest BCUT2D eigenvalue weighted by Gasteiger charge is -2.19. The minimum atomic E-state index is 0.126. The van der Waals surface area contributed by atoms with Crippen molar-refractivity contribution < 1.29 is 4.79 Å². The van der Waals surface area contributed by atoms with Gasteiger partial charge in [-0.15, -0.1) is 0 Å². The fourth-order valence-corrected chi connectivity index (χ4v) is 2.73. The van der Waals surface area contributed by atoms with Crippen LogP contribution in [0.2, 0.25) is 0 Å². The molecule has 1 aromatic heterocycles. The molecular formula is C19H22N2O. The lowest BCUT2D eigenvalue weighted by molar-refractivity contribution is -0.122. The SMILES string of the molecule is Cc1ccc(C(NC(=O)CCc2cccnc2)C2CC2)cc1. The van der Waals surface area contributed by atoms with E-state index in [1.165, 1.54) is 24.0 Å². The number of amides is 1. The van der Waals surface area contributed by atoms with Gasteiger partial charge in [0.2, 0.25) is 5.91 Å². The molecule has 0 aliphatic heterocycles. The molecular weight excluding hydrogens is 272 g/mol. The van der Waals surface area contributed by atoms with Crippen LogP contribution >= 0.6 is 0 Å². The molecule has 3 heteroatoms. The second-order valence-electron chi connectivity index (χ2n) is 6.15. The Labute approximate surface area is 131 Å².